The van der Waals surface area contributed by atoms with Gasteiger partial charge in [-0.3, -0.25) is 0 Å². The van der Waals surface area contributed by atoms with Gasteiger partial charge in [-0.25, -0.2) is 0 Å². The van der Waals surface area contributed by atoms with Gasteiger partial charge in [0.05, 0.1) is 0 Å². The molecule has 0 aliphatic carbocycles. The molecule has 93 valence electrons. The summed E-state index contributed by atoms with van der Waals surface area (Å²) in [7, 11) is 0. The Kier molecular flexibility index (Phi) is 13.6. The van der Waals surface area contributed by atoms with E-state index in [0.29, 0.717) is 0 Å². The lowest BCUT2D eigenvalue weighted by Gasteiger charge is -1.95. The van der Waals surface area contributed by atoms with Crippen molar-refractivity contribution in [3.63, 3.8) is 0 Å². The Morgan fingerprint density at radius 3 is 1.94 bits per heavy atom. The molecule has 0 amide bonds. The van der Waals surface area contributed by atoms with Gasteiger partial charge >= 0.3 is 0 Å². The van der Waals surface area contributed by atoms with E-state index in [2.05, 4.69) is 25.2 Å². The molecule has 0 saturated heterocycles. The van der Waals surface area contributed by atoms with Crippen molar-refractivity contribution in [2.24, 2.45) is 0 Å². The summed E-state index contributed by atoms with van der Waals surface area (Å²) in [5.74, 6) is 0. The van der Waals surface area contributed by atoms with Gasteiger partial charge in [0.25, 0.3) is 0 Å². The van der Waals surface area contributed by atoms with E-state index < -0.39 is 0 Å². The molecule has 1 radical (unpaired) electrons. The molecule has 0 aromatic heterocycles. The van der Waals surface area contributed by atoms with Gasteiger partial charge in [-0.15, -0.1) is 0 Å². The van der Waals surface area contributed by atoms with Crippen LogP contribution in [0.15, 0.2) is 54.7 Å². The zero-order chi connectivity index (χ0) is 12.6. The van der Waals surface area contributed by atoms with Crippen LogP contribution in [0.4, 0.5) is 0 Å². The van der Waals surface area contributed by atoms with E-state index in [1.807, 2.05) is 24.3 Å². The molecule has 0 heterocycles. The number of unbranched alkanes of at least 4 members (excludes halogenated alkanes) is 5. The van der Waals surface area contributed by atoms with Crippen LogP contribution in [0.25, 0.3) is 0 Å². The van der Waals surface area contributed by atoms with Gasteiger partial charge in [0.15, 0.2) is 0 Å². The first-order valence-electron chi connectivity index (χ1n) is 6.62. The van der Waals surface area contributed by atoms with Crippen molar-refractivity contribution in [2.75, 3.05) is 0 Å². The lowest BCUT2D eigenvalue weighted by molar-refractivity contribution is 0.637. The lowest BCUT2D eigenvalue weighted by atomic mass is 10.1. The van der Waals surface area contributed by atoms with Crippen LogP contribution in [0.5, 0.6) is 0 Å². The van der Waals surface area contributed by atoms with E-state index in [1.165, 1.54) is 44.6 Å². The summed E-state index contributed by atoms with van der Waals surface area (Å²) in [6.45, 7) is 7.44. The normalized spacial score (nSPS) is 12.5. The van der Waals surface area contributed by atoms with E-state index in [9.17, 15) is 0 Å². The molecular formula is C17H25. The van der Waals surface area contributed by atoms with Crippen molar-refractivity contribution in [3.05, 3.63) is 61.3 Å². The second kappa shape index (κ2) is 14.7. The van der Waals surface area contributed by atoms with Gasteiger partial charge in [-0.05, 0) is 12.8 Å². The minimum absolute atomic E-state index is 1.19. The van der Waals surface area contributed by atoms with E-state index in [-0.39, 0.29) is 0 Å². The molecule has 0 heteroatoms. The van der Waals surface area contributed by atoms with Crippen molar-refractivity contribution in [2.45, 2.75) is 45.4 Å². The zero-order valence-corrected chi connectivity index (χ0v) is 11.0. The Morgan fingerprint density at radius 1 is 0.706 bits per heavy atom. The lowest BCUT2D eigenvalue weighted by Crippen LogP contribution is -1.75. The van der Waals surface area contributed by atoms with Crippen LogP contribution in [0.1, 0.15) is 45.4 Å². The highest BCUT2D eigenvalue weighted by Gasteiger charge is 1.85. The molecule has 0 aromatic rings. The molecule has 17 heavy (non-hydrogen) atoms. The molecular weight excluding hydrogens is 204 g/mol. The molecule has 0 rings (SSSR count). The van der Waals surface area contributed by atoms with E-state index in [1.54, 1.807) is 6.08 Å². The summed E-state index contributed by atoms with van der Waals surface area (Å²) in [5.41, 5.74) is 0. The predicted octanol–water partition coefficient (Wildman–Crippen LogP) is 5.56. The minimum Gasteiger partial charge on any atom is -0.0845 e. The molecule has 0 bridgehead atoms. The SMILES string of the molecule is [CH]=CC=CC=CC=CC=CCCCCCCC. The van der Waals surface area contributed by atoms with E-state index >= 15 is 0 Å². The van der Waals surface area contributed by atoms with Gasteiger partial charge in [0.1, 0.15) is 0 Å². The first kappa shape index (κ1) is 15.7. The van der Waals surface area contributed by atoms with E-state index in [4.69, 9.17) is 6.58 Å². The summed E-state index contributed by atoms with van der Waals surface area (Å²) < 4.78 is 0. The van der Waals surface area contributed by atoms with Crippen LogP contribution in [0, 0.1) is 6.58 Å². The smallest absolute Gasteiger partial charge is 0.0348 e. The molecule has 0 N–H and O–H groups in total. The summed E-state index contributed by atoms with van der Waals surface area (Å²) >= 11 is 0. The molecule has 0 aliphatic rings. The molecule has 0 atom stereocenters. The highest BCUT2D eigenvalue weighted by Crippen LogP contribution is 2.05. The average Bonchev–Trinajstić information content (AvgIpc) is 2.35. The fourth-order valence-electron chi connectivity index (χ4n) is 1.43. The van der Waals surface area contributed by atoms with Crippen LogP contribution in [-0.4, -0.2) is 0 Å². The number of hydrogen-bond acceptors (Lipinski definition) is 0. The quantitative estimate of drug-likeness (QED) is 0.340. The third-order valence-corrected chi connectivity index (χ3v) is 2.39. The van der Waals surface area contributed by atoms with Crippen molar-refractivity contribution >= 4 is 0 Å². The highest BCUT2D eigenvalue weighted by molar-refractivity contribution is 5.16. The van der Waals surface area contributed by atoms with Crippen molar-refractivity contribution in [1.29, 1.82) is 0 Å². The third kappa shape index (κ3) is 14.7. The topological polar surface area (TPSA) is 0 Å². The minimum atomic E-state index is 1.19. The second-order valence-corrected chi connectivity index (χ2v) is 3.98. The Bertz CT molecular complexity index is 264. The molecule has 0 saturated carbocycles. The monoisotopic (exact) mass is 229 g/mol. The van der Waals surface area contributed by atoms with Crippen LogP contribution < -0.4 is 0 Å². The third-order valence-electron chi connectivity index (χ3n) is 2.39. The molecule has 0 nitrogen and oxygen atoms in total. The molecule has 0 aliphatic heterocycles. The van der Waals surface area contributed by atoms with Gasteiger partial charge in [-0.1, -0.05) is 93.9 Å². The Morgan fingerprint density at radius 2 is 1.29 bits per heavy atom. The zero-order valence-electron chi connectivity index (χ0n) is 11.0. The summed E-state index contributed by atoms with van der Waals surface area (Å²) in [6.07, 6.45) is 25.6. The highest BCUT2D eigenvalue weighted by atomic mass is 13.9. The number of rotatable bonds is 10. The Hall–Kier alpha value is -1.30. The second-order valence-electron chi connectivity index (χ2n) is 3.98. The number of allylic oxidation sites excluding steroid dienone is 9. The van der Waals surface area contributed by atoms with E-state index in [0.717, 1.165) is 0 Å². The van der Waals surface area contributed by atoms with Gasteiger partial charge < -0.3 is 0 Å². The molecule has 0 fully saturated rings. The molecule has 0 spiro atoms. The van der Waals surface area contributed by atoms with Gasteiger partial charge in [0, 0.05) is 0 Å². The van der Waals surface area contributed by atoms with Crippen molar-refractivity contribution < 1.29 is 0 Å². The van der Waals surface area contributed by atoms with Crippen LogP contribution in [0.3, 0.4) is 0 Å². The maximum atomic E-state index is 5.19. The van der Waals surface area contributed by atoms with Crippen LogP contribution in [-0.2, 0) is 0 Å². The van der Waals surface area contributed by atoms with Crippen molar-refractivity contribution in [1.82, 2.24) is 0 Å². The maximum Gasteiger partial charge on any atom is -0.0348 e. The summed E-state index contributed by atoms with van der Waals surface area (Å²) in [5, 5.41) is 0. The average molecular weight is 229 g/mol. The first-order valence-corrected chi connectivity index (χ1v) is 6.62. The fourth-order valence-corrected chi connectivity index (χ4v) is 1.43. The standard InChI is InChI=1S/C17H25/c1-3-5-7-9-11-13-15-17-16-14-12-10-8-6-4-2/h1,3,5,7,9,11,13,15-17H,4,6,8,10,12,14H2,2H3. The molecule has 0 unspecified atom stereocenters. The van der Waals surface area contributed by atoms with Crippen LogP contribution in [0.2, 0.25) is 0 Å². The van der Waals surface area contributed by atoms with Gasteiger partial charge in [0.2, 0.25) is 0 Å². The summed E-state index contributed by atoms with van der Waals surface area (Å²) in [6, 6.07) is 0. The molecule has 0 aromatic carbocycles. The maximum absolute atomic E-state index is 5.19. The number of hydrogen-bond donors (Lipinski definition) is 0. The fraction of sp³-hybridized carbons (Fsp3) is 0.412. The van der Waals surface area contributed by atoms with Crippen molar-refractivity contribution in [3.8, 4) is 0 Å². The summed E-state index contributed by atoms with van der Waals surface area (Å²) in [4.78, 5) is 0. The Labute approximate surface area is 107 Å². The predicted molar refractivity (Wildman–Crippen MR) is 78.8 cm³/mol. The first-order chi connectivity index (χ1) is 8.41. The van der Waals surface area contributed by atoms with Crippen LogP contribution >= 0.6 is 0 Å². The Balaban J connectivity index is 3.40. The largest absolute Gasteiger partial charge is 0.0845 e. The van der Waals surface area contributed by atoms with Gasteiger partial charge in [-0.2, -0.15) is 0 Å².